The van der Waals surface area contributed by atoms with Crippen molar-refractivity contribution in [1.29, 1.82) is 0 Å². The molecular formula is C15H14N2O3S2. The summed E-state index contributed by atoms with van der Waals surface area (Å²) in [6.07, 6.45) is 0. The summed E-state index contributed by atoms with van der Waals surface area (Å²) in [6, 6.07) is 10.4. The van der Waals surface area contributed by atoms with Crippen molar-refractivity contribution in [2.24, 2.45) is 0 Å². The molecule has 0 unspecified atom stereocenters. The summed E-state index contributed by atoms with van der Waals surface area (Å²) < 4.78 is 4.96. The van der Waals surface area contributed by atoms with Crippen LogP contribution in [-0.2, 0) is 4.74 Å². The first-order valence-electron chi connectivity index (χ1n) is 6.53. The van der Waals surface area contributed by atoms with Crippen LogP contribution in [0.3, 0.4) is 0 Å². The summed E-state index contributed by atoms with van der Waals surface area (Å²) >= 11 is 6.40. The first-order valence-corrected chi connectivity index (χ1v) is 7.82. The van der Waals surface area contributed by atoms with Crippen LogP contribution in [0, 0.1) is 0 Å². The van der Waals surface area contributed by atoms with E-state index in [0.29, 0.717) is 22.7 Å². The highest BCUT2D eigenvalue weighted by molar-refractivity contribution is 7.80. The second kappa shape index (κ2) is 7.67. The van der Waals surface area contributed by atoms with E-state index in [2.05, 4.69) is 10.6 Å². The molecule has 1 heterocycles. The van der Waals surface area contributed by atoms with Crippen LogP contribution in [0.1, 0.15) is 27.6 Å². The van der Waals surface area contributed by atoms with Crippen molar-refractivity contribution in [3.8, 4) is 0 Å². The summed E-state index contributed by atoms with van der Waals surface area (Å²) in [6.45, 7) is 2.03. The van der Waals surface area contributed by atoms with E-state index < -0.39 is 5.97 Å². The number of carbonyl (C=O) groups excluding carboxylic acids is 2. The minimum Gasteiger partial charge on any atom is -0.462 e. The zero-order valence-electron chi connectivity index (χ0n) is 11.8. The lowest BCUT2D eigenvalue weighted by Gasteiger charge is -2.09. The number of carbonyl (C=O) groups is 2. The molecule has 0 spiro atoms. The minimum atomic E-state index is -0.427. The van der Waals surface area contributed by atoms with Crippen LogP contribution in [0.15, 0.2) is 41.8 Å². The van der Waals surface area contributed by atoms with E-state index in [0.717, 1.165) is 0 Å². The van der Waals surface area contributed by atoms with Crippen LogP contribution >= 0.6 is 23.6 Å². The second-order valence-corrected chi connectivity index (χ2v) is 5.48. The molecule has 1 aromatic heterocycles. The summed E-state index contributed by atoms with van der Waals surface area (Å²) in [5, 5.41) is 7.83. The third kappa shape index (κ3) is 4.12. The lowest BCUT2D eigenvalue weighted by molar-refractivity contribution is 0.0528. The Morgan fingerprint density at radius 1 is 1.23 bits per heavy atom. The Balaban J connectivity index is 2.00. The normalized spacial score (nSPS) is 9.86. The number of thiocarbonyl (C=S) groups is 1. The van der Waals surface area contributed by atoms with Gasteiger partial charge < -0.3 is 10.1 Å². The van der Waals surface area contributed by atoms with E-state index in [4.69, 9.17) is 17.0 Å². The van der Waals surface area contributed by atoms with Crippen LogP contribution in [-0.4, -0.2) is 23.6 Å². The molecule has 0 radical (unpaired) electrons. The fourth-order valence-corrected chi connectivity index (χ4v) is 2.71. The first kappa shape index (κ1) is 16.1. The molecule has 22 heavy (non-hydrogen) atoms. The maximum Gasteiger partial charge on any atom is 0.341 e. The summed E-state index contributed by atoms with van der Waals surface area (Å²) in [7, 11) is 0. The summed E-state index contributed by atoms with van der Waals surface area (Å²) in [5.41, 5.74) is 0.895. The van der Waals surface area contributed by atoms with E-state index in [1.54, 1.807) is 42.6 Å². The maximum absolute atomic E-state index is 12.0. The predicted molar refractivity (Wildman–Crippen MR) is 90.4 cm³/mol. The van der Waals surface area contributed by atoms with Crippen LogP contribution in [0.2, 0.25) is 0 Å². The lowest BCUT2D eigenvalue weighted by atomic mass is 10.2. The van der Waals surface area contributed by atoms with Gasteiger partial charge in [0, 0.05) is 5.56 Å². The molecule has 5 nitrogen and oxygen atoms in total. The molecule has 0 fully saturated rings. The van der Waals surface area contributed by atoms with Gasteiger partial charge in [0.25, 0.3) is 5.91 Å². The number of hydrogen-bond acceptors (Lipinski definition) is 5. The summed E-state index contributed by atoms with van der Waals surface area (Å²) in [4.78, 5) is 23.7. The van der Waals surface area contributed by atoms with Crippen molar-refractivity contribution in [2.75, 3.05) is 11.9 Å². The quantitative estimate of drug-likeness (QED) is 0.664. The topological polar surface area (TPSA) is 67.4 Å². The number of hydrogen-bond donors (Lipinski definition) is 2. The third-order valence-corrected chi connectivity index (χ3v) is 3.68. The van der Waals surface area contributed by atoms with Gasteiger partial charge in [0.2, 0.25) is 0 Å². The number of ether oxygens (including phenoxy) is 1. The number of nitrogens with one attached hydrogen (secondary N) is 2. The van der Waals surface area contributed by atoms with Gasteiger partial charge in [-0.25, -0.2) is 4.79 Å². The van der Waals surface area contributed by atoms with Gasteiger partial charge in [-0.15, -0.1) is 11.3 Å². The molecule has 7 heteroatoms. The predicted octanol–water partition coefficient (Wildman–Crippen LogP) is 3.05. The lowest BCUT2D eigenvalue weighted by Crippen LogP contribution is -2.34. The van der Waals surface area contributed by atoms with E-state index in [1.807, 2.05) is 6.07 Å². The van der Waals surface area contributed by atoms with Gasteiger partial charge in [-0.3, -0.25) is 10.1 Å². The van der Waals surface area contributed by atoms with E-state index in [9.17, 15) is 9.59 Å². The SMILES string of the molecule is CCOC(=O)c1ccsc1NC(=S)NC(=O)c1ccccc1. The Morgan fingerprint density at radius 2 is 1.95 bits per heavy atom. The molecule has 0 bridgehead atoms. The molecule has 2 aromatic rings. The number of benzene rings is 1. The zero-order chi connectivity index (χ0) is 15.9. The standard InChI is InChI=1S/C15H14N2O3S2/c1-2-20-14(19)11-8-9-22-13(11)17-15(21)16-12(18)10-6-4-3-5-7-10/h3-9H,2H2,1H3,(H2,16,17,18,21). The van der Waals surface area contributed by atoms with E-state index in [1.165, 1.54) is 11.3 Å². The number of rotatable bonds is 4. The number of amides is 1. The molecule has 1 amide bonds. The molecular weight excluding hydrogens is 320 g/mol. The average molecular weight is 334 g/mol. The van der Waals surface area contributed by atoms with Gasteiger partial charge in [0.05, 0.1) is 12.2 Å². The number of anilines is 1. The molecule has 0 saturated heterocycles. The Morgan fingerprint density at radius 3 is 2.64 bits per heavy atom. The van der Waals surface area contributed by atoms with Gasteiger partial charge in [-0.1, -0.05) is 18.2 Å². The van der Waals surface area contributed by atoms with Gasteiger partial charge in [-0.05, 0) is 42.7 Å². The average Bonchev–Trinajstić information content (AvgIpc) is 2.96. The highest BCUT2D eigenvalue weighted by Crippen LogP contribution is 2.23. The molecule has 1 aromatic carbocycles. The van der Waals surface area contributed by atoms with Crippen molar-refractivity contribution in [1.82, 2.24) is 5.32 Å². The van der Waals surface area contributed by atoms with Crippen molar-refractivity contribution in [2.45, 2.75) is 6.92 Å². The van der Waals surface area contributed by atoms with Crippen molar-refractivity contribution in [3.63, 3.8) is 0 Å². The molecule has 0 atom stereocenters. The fraction of sp³-hybridized carbons (Fsp3) is 0.133. The molecule has 0 aliphatic heterocycles. The highest BCUT2D eigenvalue weighted by Gasteiger charge is 2.15. The monoisotopic (exact) mass is 334 g/mol. The Kier molecular flexibility index (Phi) is 5.62. The van der Waals surface area contributed by atoms with E-state index in [-0.39, 0.29) is 11.0 Å². The Bertz CT molecular complexity index is 683. The number of esters is 1. The first-order chi connectivity index (χ1) is 10.6. The highest BCUT2D eigenvalue weighted by atomic mass is 32.1. The van der Waals surface area contributed by atoms with Crippen LogP contribution in [0.25, 0.3) is 0 Å². The van der Waals surface area contributed by atoms with Crippen molar-refractivity contribution in [3.05, 3.63) is 52.9 Å². The second-order valence-electron chi connectivity index (χ2n) is 4.16. The largest absolute Gasteiger partial charge is 0.462 e. The minimum absolute atomic E-state index is 0.127. The van der Waals surface area contributed by atoms with Crippen molar-refractivity contribution < 1.29 is 14.3 Å². The molecule has 2 rings (SSSR count). The third-order valence-electron chi connectivity index (χ3n) is 2.65. The fourth-order valence-electron chi connectivity index (χ4n) is 1.67. The van der Waals surface area contributed by atoms with Crippen molar-refractivity contribution >= 4 is 45.5 Å². The van der Waals surface area contributed by atoms with Crippen LogP contribution < -0.4 is 10.6 Å². The van der Waals surface area contributed by atoms with Gasteiger partial charge >= 0.3 is 5.97 Å². The molecule has 0 aliphatic rings. The maximum atomic E-state index is 12.0. The smallest absolute Gasteiger partial charge is 0.341 e. The summed E-state index contributed by atoms with van der Waals surface area (Å²) in [5.74, 6) is -0.740. The molecule has 114 valence electrons. The molecule has 0 saturated carbocycles. The van der Waals surface area contributed by atoms with Gasteiger partial charge in [-0.2, -0.15) is 0 Å². The number of thiophene rings is 1. The Labute approximate surface area is 137 Å². The zero-order valence-corrected chi connectivity index (χ0v) is 13.4. The Hall–Kier alpha value is -2.25. The van der Waals surface area contributed by atoms with Gasteiger partial charge in [0.1, 0.15) is 5.00 Å². The van der Waals surface area contributed by atoms with Crippen LogP contribution in [0.4, 0.5) is 5.00 Å². The van der Waals surface area contributed by atoms with Gasteiger partial charge in [0.15, 0.2) is 5.11 Å². The molecule has 2 N–H and O–H groups in total. The molecule has 0 aliphatic carbocycles. The van der Waals surface area contributed by atoms with Crippen LogP contribution in [0.5, 0.6) is 0 Å². The van der Waals surface area contributed by atoms with E-state index >= 15 is 0 Å².